The summed E-state index contributed by atoms with van der Waals surface area (Å²) < 4.78 is 0. The molecule has 0 saturated carbocycles. The Morgan fingerprint density at radius 3 is 2.82 bits per heavy atom. The molecular formula is C12H18N2O2S. The van der Waals surface area contributed by atoms with Crippen molar-refractivity contribution >= 4 is 17.3 Å². The summed E-state index contributed by atoms with van der Waals surface area (Å²) >= 11 is 1.73. The van der Waals surface area contributed by atoms with Crippen molar-refractivity contribution < 1.29 is 9.90 Å². The lowest BCUT2D eigenvalue weighted by molar-refractivity contribution is -0.142. The smallest absolute Gasteiger partial charge is 0.305 e. The van der Waals surface area contributed by atoms with Crippen LogP contribution in [0.4, 0.5) is 0 Å². The van der Waals surface area contributed by atoms with Gasteiger partial charge in [0.25, 0.3) is 0 Å². The summed E-state index contributed by atoms with van der Waals surface area (Å²) in [5.41, 5.74) is -0.190. The Morgan fingerprint density at radius 2 is 2.41 bits per heavy atom. The standard InChI is InChI=1S/C12H18N2O2S/c1-2-14(7-10-4-3-5-17-10)12(6-11(15)16)8-13-9-12/h3-5,13H,2,6-9H2,1H3,(H,15,16). The van der Waals surface area contributed by atoms with Crippen molar-refractivity contribution in [3.8, 4) is 0 Å². The van der Waals surface area contributed by atoms with Gasteiger partial charge in [0.1, 0.15) is 0 Å². The molecule has 2 N–H and O–H groups in total. The van der Waals surface area contributed by atoms with Crippen LogP contribution in [0.15, 0.2) is 17.5 Å². The van der Waals surface area contributed by atoms with E-state index >= 15 is 0 Å². The van der Waals surface area contributed by atoms with Crippen LogP contribution in [0.5, 0.6) is 0 Å². The van der Waals surface area contributed by atoms with Crippen LogP contribution in [-0.2, 0) is 11.3 Å². The molecule has 0 spiro atoms. The number of nitrogens with one attached hydrogen (secondary N) is 1. The number of likely N-dealkylation sites (N-methyl/N-ethyl adjacent to an activating group) is 1. The third kappa shape index (κ3) is 2.68. The second-order valence-corrected chi connectivity index (χ2v) is 5.52. The van der Waals surface area contributed by atoms with E-state index in [9.17, 15) is 4.79 Å². The second-order valence-electron chi connectivity index (χ2n) is 4.49. The summed E-state index contributed by atoms with van der Waals surface area (Å²) in [4.78, 5) is 14.6. The number of carboxylic acids is 1. The molecule has 17 heavy (non-hydrogen) atoms. The summed E-state index contributed by atoms with van der Waals surface area (Å²) in [6.45, 7) is 5.38. The molecule has 1 aliphatic heterocycles. The van der Waals surface area contributed by atoms with Crippen LogP contribution in [0.2, 0.25) is 0 Å². The Hall–Kier alpha value is -0.910. The fourth-order valence-electron chi connectivity index (χ4n) is 2.36. The van der Waals surface area contributed by atoms with E-state index in [4.69, 9.17) is 5.11 Å². The highest BCUT2D eigenvalue weighted by molar-refractivity contribution is 7.09. The molecular weight excluding hydrogens is 236 g/mol. The molecule has 1 fully saturated rings. The van der Waals surface area contributed by atoms with Gasteiger partial charge in [-0.05, 0) is 18.0 Å². The van der Waals surface area contributed by atoms with Crippen molar-refractivity contribution in [2.24, 2.45) is 0 Å². The van der Waals surface area contributed by atoms with E-state index < -0.39 is 5.97 Å². The maximum atomic E-state index is 11.0. The van der Waals surface area contributed by atoms with E-state index in [1.807, 2.05) is 6.07 Å². The highest BCUT2D eigenvalue weighted by Gasteiger charge is 2.43. The quantitative estimate of drug-likeness (QED) is 0.805. The molecule has 1 saturated heterocycles. The third-order valence-corrected chi connectivity index (χ3v) is 4.23. The summed E-state index contributed by atoms with van der Waals surface area (Å²) in [5.74, 6) is -0.712. The molecule has 2 rings (SSSR count). The average molecular weight is 254 g/mol. The van der Waals surface area contributed by atoms with Gasteiger partial charge in [-0.25, -0.2) is 0 Å². The number of aliphatic carboxylic acids is 1. The first-order chi connectivity index (χ1) is 8.16. The molecule has 5 heteroatoms. The molecule has 0 aromatic carbocycles. The van der Waals surface area contributed by atoms with Crippen LogP contribution < -0.4 is 5.32 Å². The Labute approximate surface area is 105 Å². The van der Waals surface area contributed by atoms with Gasteiger partial charge in [-0.15, -0.1) is 11.3 Å². The van der Waals surface area contributed by atoms with Gasteiger partial charge in [0.05, 0.1) is 12.0 Å². The minimum atomic E-state index is -0.712. The first kappa shape index (κ1) is 12.5. The van der Waals surface area contributed by atoms with Crippen molar-refractivity contribution in [3.63, 3.8) is 0 Å². The molecule has 0 radical (unpaired) electrons. The van der Waals surface area contributed by atoms with Crippen LogP contribution in [0.25, 0.3) is 0 Å². The van der Waals surface area contributed by atoms with E-state index in [0.29, 0.717) is 0 Å². The highest BCUT2D eigenvalue weighted by Crippen LogP contribution is 2.27. The SMILES string of the molecule is CCN(Cc1cccs1)C1(CC(=O)O)CNC1. The highest BCUT2D eigenvalue weighted by atomic mass is 32.1. The third-order valence-electron chi connectivity index (χ3n) is 3.37. The Morgan fingerprint density at radius 1 is 1.65 bits per heavy atom. The maximum absolute atomic E-state index is 11.0. The van der Waals surface area contributed by atoms with Crippen molar-refractivity contribution in [1.29, 1.82) is 0 Å². The second kappa shape index (κ2) is 5.16. The van der Waals surface area contributed by atoms with Crippen LogP contribution in [0.3, 0.4) is 0 Å². The van der Waals surface area contributed by atoms with Crippen LogP contribution in [0, 0.1) is 0 Å². The van der Waals surface area contributed by atoms with E-state index in [0.717, 1.165) is 26.2 Å². The first-order valence-corrected chi connectivity index (χ1v) is 6.74. The number of thiophene rings is 1. The van der Waals surface area contributed by atoms with E-state index in [-0.39, 0.29) is 12.0 Å². The van der Waals surface area contributed by atoms with Gasteiger partial charge in [0, 0.05) is 24.5 Å². The molecule has 1 aromatic heterocycles. The average Bonchev–Trinajstić information content (AvgIpc) is 2.73. The Kier molecular flexibility index (Phi) is 3.81. The van der Waals surface area contributed by atoms with Crippen LogP contribution in [-0.4, -0.2) is 41.1 Å². The molecule has 94 valence electrons. The summed E-state index contributed by atoms with van der Waals surface area (Å²) in [6.07, 6.45) is 0.221. The summed E-state index contributed by atoms with van der Waals surface area (Å²) in [5, 5.41) is 14.3. The Bertz CT molecular complexity index is 374. The van der Waals surface area contributed by atoms with Gasteiger partial charge in [-0.1, -0.05) is 13.0 Å². The van der Waals surface area contributed by atoms with Gasteiger partial charge in [-0.2, -0.15) is 0 Å². The number of carbonyl (C=O) groups is 1. The predicted octanol–water partition coefficient (Wildman–Crippen LogP) is 1.39. The fourth-order valence-corrected chi connectivity index (χ4v) is 3.08. The van der Waals surface area contributed by atoms with Gasteiger partial charge >= 0.3 is 5.97 Å². The van der Waals surface area contributed by atoms with Gasteiger partial charge < -0.3 is 10.4 Å². The van der Waals surface area contributed by atoms with E-state index in [1.165, 1.54) is 4.88 Å². The zero-order chi connectivity index (χ0) is 12.3. The van der Waals surface area contributed by atoms with E-state index in [2.05, 4.69) is 28.6 Å². The van der Waals surface area contributed by atoms with Gasteiger partial charge in [0.15, 0.2) is 0 Å². The van der Waals surface area contributed by atoms with E-state index in [1.54, 1.807) is 11.3 Å². The topological polar surface area (TPSA) is 52.6 Å². The number of nitrogens with zero attached hydrogens (tertiary/aromatic N) is 1. The summed E-state index contributed by atoms with van der Waals surface area (Å²) in [6, 6.07) is 4.14. The molecule has 4 nitrogen and oxygen atoms in total. The molecule has 0 amide bonds. The van der Waals surface area contributed by atoms with Crippen molar-refractivity contribution in [3.05, 3.63) is 22.4 Å². The molecule has 0 unspecified atom stereocenters. The molecule has 2 heterocycles. The van der Waals surface area contributed by atoms with Gasteiger partial charge in [0.2, 0.25) is 0 Å². The van der Waals surface area contributed by atoms with Crippen LogP contribution >= 0.6 is 11.3 Å². The summed E-state index contributed by atoms with van der Waals surface area (Å²) in [7, 11) is 0. The fraction of sp³-hybridized carbons (Fsp3) is 0.583. The Balaban J connectivity index is 2.07. The molecule has 0 aliphatic carbocycles. The molecule has 1 aliphatic rings. The largest absolute Gasteiger partial charge is 0.481 e. The maximum Gasteiger partial charge on any atom is 0.305 e. The molecule has 0 bridgehead atoms. The van der Waals surface area contributed by atoms with Crippen molar-refractivity contribution in [2.75, 3.05) is 19.6 Å². The predicted molar refractivity (Wildman–Crippen MR) is 68.3 cm³/mol. The minimum absolute atomic E-state index is 0.190. The minimum Gasteiger partial charge on any atom is -0.481 e. The lowest BCUT2D eigenvalue weighted by Gasteiger charge is -2.49. The van der Waals surface area contributed by atoms with Crippen LogP contribution in [0.1, 0.15) is 18.2 Å². The lowest BCUT2D eigenvalue weighted by atomic mass is 9.86. The number of carboxylic acid groups (broad SMARTS) is 1. The number of rotatable bonds is 6. The lowest BCUT2D eigenvalue weighted by Crippen LogP contribution is -2.69. The zero-order valence-electron chi connectivity index (χ0n) is 9.98. The molecule has 1 aromatic rings. The van der Waals surface area contributed by atoms with Crippen molar-refractivity contribution in [2.45, 2.75) is 25.4 Å². The van der Waals surface area contributed by atoms with Crippen molar-refractivity contribution in [1.82, 2.24) is 10.2 Å². The monoisotopic (exact) mass is 254 g/mol. The zero-order valence-corrected chi connectivity index (χ0v) is 10.8. The normalized spacial score (nSPS) is 18.0. The number of hydrogen-bond acceptors (Lipinski definition) is 4. The molecule has 0 atom stereocenters. The number of hydrogen-bond donors (Lipinski definition) is 2. The first-order valence-electron chi connectivity index (χ1n) is 5.86. The van der Waals surface area contributed by atoms with Gasteiger partial charge in [-0.3, -0.25) is 9.69 Å².